The smallest absolute Gasteiger partial charge is 0.323 e. The molecule has 0 spiro atoms. The molecule has 5 N–H and O–H groups in total. The summed E-state index contributed by atoms with van der Waals surface area (Å²) < 4.78 is 33.6. The molecule has 2 heterocycles. The van der Waals surface area contributed by atoms with Crippen LogP contribution in [0.3, 0.4) is 0 Å². The Bertz CT molecular complexity index is 1340. The third kappa shape index (κ3) is 6.25. The number of hydrogen-bond donors (Lipinski definition) is 5. The lowest BCUT2D eigenvalue weighted by atomic mass is 9.99. The highest BCUT2D eigenvalue weighted by atomic mass is 79.9. The minimum atomic E-state index is -4.08. The van der Waals surface area contributed by atoms with E-state index in [1.807, 2.05) is 18.2 Å². The zero-order valence-corrected chi connectivity index (χ0v) is 21.7. The second-order valence-corrected chi connectivity index (χ2v) is 11.1. The number of carbonyl (C=O) groups is 2. The van der Waals surface area contributed by atoms with Gasteiger partial charge in [-0.1, -0.05) is 18.2 Å². The van der Waals surface area contributed by atoms with Gasteiger partial charge in [-0.25, -0.2) is 8.42 Å². The van der Waals surface area contributed by atoms with E-state index < -0.39 is 34.5 Å². The highest BCUT2D eigenvalue weighted by Gasteiger charge is 2.27. The van der Waals surface area contributed by atoms with Crippen LogP contribution in [0.2, 0.25) is 0 Å². The Hall–Kier alpha value is -2.93. The average Bonchev–Trinajstić information content (AvgIpc) is 3.22. The maximum atomic E-state index is 12.8. The van der Waals surface area contributed by atoms with Crippen LogP contribution < -0.4 is 20.1 Å². The first-order valence-corrected chi connectivity index (χ1v) is 13.8. The minimum Gasteiger partial charge on any atom is -0.493 e. The number of hydrogen-bond acceptors (Lipinski definition) is 6. The fourth-order valence-corrected chi connectivity index (χ4v) is 5.78. The van der Waals surface area contributed by atoms with Crippen LogP contribution in [-0.4, -0.2) is 62.7 Å². The van der Waals surface area contributed by atoms with Crippen LogP contribution in [0.15, 0.2) is 57.9 Å². The third-order valence-corrected chi connectivity index (χ3v) is 8.31. The standard InChI is InChI=1S/C24H27BrN4O6S/c25-21-18-12-16(35-14-15-8-10-26-11-9-15)6-7-19(18)28-22(21)23(30)27-13-20(24(31)32)29-36(33,34)17-4-2-1-3-5-17/h1-7,12,15,20,26,28-29H,8-11,13-14H2,(H,27,30)(H,31,32)/t20-/m0/s1. The van der Waals surface area contributed by atoms with E-state index in [2.05, 4.69) is 36.3 Å². The SMILES string of the molecule is O=C(NC[C@H](NS(=O)(=O)c1ccccc1)C(=O)O)c1[nH]c2ccc(OCC3CCNCC3)cc2c1Br. The number of piperidine rings is 1. The maximum Gasteiger partial charge on any atom is 0.323 e. The zero-order valence-electron chi connectivity index (χ0n) is 19.3. The Morgan fingerprint density at radius 3 is 2.56 bits per heavy atom. The first-order chi connectivity index (χ1) is 17.2. The molecule has 3 aromatic rings. The first-order valence-electron chi connectivity index (χ1n) is 11.5. The molecule has 0 unspecified atom stereocenters. The summed E-state index contributed by atoms with van der Waals surface area (Å²) in [4.78, 5) is 27.4. The van der Waals surface area contributed by atoms with Gasteiger partial charge in [-0.3, -0.25) is 9.59 Å². The summed E-state index contributed by atoms with van der Waals surface area (Å²) in [5.74, 6) is -0.810. The number of carbonyl (C=O) groups excluding carboxylic acids is 1. The minimum absolute atomic E-state index is 0.0703. The molecule has 0 aliphatic carbocycles. The maximum absolute atomic E-state index is 12.8. The molecule has 1 aliphatic rings. The summed E-state index contributed by atoms with van der Waals surface area (Å²) >= 11 is 3.45. The fraction of sp³-hybridized carbons (Fsp3) is 0.333. The summed E-state index contributed by atoms with van der Waals surface area (Å²) in [5.41, 5.74) is 0.886. The highest BCUT2D eigenvalue weighted by Crippen LogP contribution is 2.31. The van der Waals surface area contributed by atoms with Gasteiger partial charge in [-0.2, -0.15) is 4.72 Å². The van der Waals surface area contributed by atoms with E-state index in [0.717, 1.165) is 31.3 Å². The van der Waals surface area contributed by atoms with Crippen molar-refractivity contribution >= 4 is 48.7 Å². The van der Waals surface area contributed by atoms with Crippen molar-refractivity contribution < 1.29 is 27.9 Å². The van der Waals surface area contributed by atoms with Crippen LogP contribution in [0.4, 0.5) is 0 Å². The van der Waals surface area contributed by atoms with E-state index >= 15 is 0 Å². The molecule has 0 saturated carbocycles. The predicted octanol–water partition coefficient (Wildman–Crippen LogP) is 2.47. The predicted molar refractivity (Wildman–Crippen MR) is 138 cm³/mol. The van der Waals surface area contributed by atoms with Crippen molar-refractivity contribution in [3.8, 4) is 5.75 Å². The summed E-state index contributed by atoms with van der Waals surface area (Å²) in [5, 5.41) is 16.1. The molecule has 1 fully saturated rings. The first kappa shape index (κ1) is 26.1. The van der Waals surface area contributed by atoms with Crippen molar-refractivity contribution in [1.29, 1.82) is 0 Å². The van der Waals surface area contributed by atoms with Gasteiger partial charge in [0.25, 0.3) is 5.91 Å². The van der Waals surface area contributed by atoms with Crippen molar-refractivity contribution in [2.75, 3.05) is 26.2 Å². The second kappa shape index (κ2) is 11.4. The van der Waals surface area contributed by atoms with E-state index in [0.29, 0.717) is 28.3 Å². The van der Waals surface area contributed by atoms with Crippen molar-refractivity contribution in [1.82, 2.24) is 20.3 Å². The van der Waals surface area contributed by atoms with Crippen LogP contribution in [0.1, 0.15) is 23.3 Å². The lowest BCUT2D eigenvalue weighted by Crippen LogP contribution is -2.48. The zero-order chi connectivity index (χ0) is 25.7. The molecule has 0 bridgehead atoms. The molecule has 2 aromatic carbocycles. The number of aromatic nitrogens is 1. The van der Waals surface area contributed by atoms with Gasteiger partial charge >= 0.3 is 5.97 Å². The molecule has 10 nitrogen and oxygen atoms in total. The van der Waals surface area contributed by atoms with Gasteiger partial charge in [-0.15, -0.1) is 0 Å². The Labute approximate surface area is 217 Å². The molecule has 1 aromatic heterocycles. The average molecular weight is 579 g/mol. The van der Waals surface area contributed by atoms with Crippen LogP contribution in [0.25, 0.3) is 10.9 Å². The lowest BCUT2D eigenvalue weighted by Gasteiger charge is -2.22. The number of aromatic amines is 1. The number of rotatable bonds is 10. The normalized spacial score (nSPS) is 15.5. The van der Waals surface area contributed by atoms with Crippen LogP contribution in [-0.2, 0) is 14.8 Å². The molecule has 1 atom stereocenters. The van der Waals surface area contributed by atoms with Crippen molar-refractivity contribution in [3.05, 3.63) is 58.7 Å². The number of ether oxygens (including phenoxy) is 1. The van der Waals surface area contributed by atoms with Crippen LogP contribution in [0, 0.1) is 5.92 Å². The van der Waals surface area contributed by atoms with Crippen LogP contribution in [0.5, 0.6) is 5.75 Å². The third-order valence-electron chi connectivity index (χ3n) is 5.99. The van der Waals surface area contributed by atoms with E-state index in [1.165, 1.54) is 24.3 Å². The van der Waals surface area contributed by atoms with Gasteiger partial charge in [0.1, 0.15) is 17.5 Å². The Morgan fingerprint density at radius 2 is 1.86 bits per heavy atom. The lowest BCUT2D eigenvalue weighted by molar-refractivity contribution is -0.138. The molecular formula is C24H27BrN4O6S. The van der Waals surface area contributed by atoms with Crippen molar-refractivity contribution in [2.24, 2.45) is 5.92 Å². The van der Waals surface area contributed by atoms with Gasteiger partial charge in [-0.05, 0) is 78.1 Å². The number of fused-ring (bicyclic) bond motifs is 1. The molecule has 4 rings (SSSR count). The van der Waals surface area contributed by atoms with Gasteiger partial charge in [0, 0.05) is 17.4 Å². The van der Waals surface area contributed by atoms with E-state index in [4.69, 9.17) is 4.74 Å². The quantitative estimate of drug-likeness (QED) is 0.248. The molecular weight excluding hydrogens is 552 g/mol. The van der Waals surface area contributed by atoms with Crippen molar-refractivity contribution in [2.45, 2.75) is 23.8 Å². The number of carboxylic acid groups (broad SMARTS) is 1. The Kier molecular flexibility index (Phi) is 8.29. The van der Waals surface area contributed by atoms with Gasteiger partial charge in [0.15, 0.2) is 0 Å². The van der Waals surface area contributed by atoms with E-state index in [-0.39, 0.29) is 10.6 Å². The fourth-order valence-electron chi connectivity index (χ4n) is 3.96. The van der Waals surface area contributed by atoms with Crippen molar-refractivity contribution in [3.63, 3.8) is 0 Å². The Morgan fingerprint density at radius 1 is 1.14 bits per heavy atom. The number of sulfonamides is 1. The molecule has 0 radical (unpaired) electrons. The van der Waals surface area contributed by atoms with Crippen LogP contribution >= 0.6 is 15.9 Å². The monoisotopic (exact) mass is 578 g/mol. The van der Waals surface area contributed by atoms with Gasteiger partial charge < -0.3 is 25.5 Å². The number of carboxylic acids is 1. The second-order valence-electron chi connectivity index (χ2n) is 8.56. The molecule has 1 amide bonds. The summed E-state index contributed by atoms with van der Waals surface area (Å²) in [7, 11) is -4.08. The number of aliphatic carboxylic acids is 1. The number of halogens is 1. The highest BCUT2D eigenvalue weighted by molar-refractivity contribution is 9.10. The molecule has 1 aliphatic heterocycles. The number of benzene rings is 2. The van der Waals surface area contributed by atoms with Gasteiger partial charge in [0.05, 0.1) is 16.0 Å². The van der Waals surface area contributed by atoms with E-state index in [9.17, 15) is 23.1 Å². The largest absolute Gasteiger partial charge is 0.493 e. The molecule has 192 valence electrons. The number of nitrogens with one attached hydrogen (secondary N) is 4. The molecule has 1 saturated heterocycles. The molecule has 36 heavy (non-hydrogen) atoms. The summed E-state index contributed by atoms with van der Waals surface area (Å²) in [6, 6.07) is 11.3. The van der Waals surface area contributed by atoms with E-state index in [1.54, 1.807) is 6.07 Å². The number of H-pyrrole nitrogens is 1. The Balaban J connectivity index is 1.42. The molecule has 12 heteroatoms. The number of amides is 1. The summed E-state index contributed by atoms with van der Waals surface area (Å²) in [6.07, 6.45) is 2.14. The summed E-state index contributed by atoms with van der Waals surface area (Å²) in [6.45, 7) is 2.15. The van der Waals surface area contributed by atoms with Gasteiger partial charge in [0.2, 0.25) is 10.0 Å². The topological polar surface area (TPSA) is 150 Å².